The number of para-hydroxylation sites is 1. The molecule has 0 aliphatic carbocycles. The zero-order valence-electron chi connectivity index (χ0n) is 15.2. The van der Waals surface area contributed by atoms with Gasteiger partial charge in [0.2, 0.25) is 5.91 Å². The highest BCUT2D eigenvalue weighted by atomic mass is 35.5. The Labute approximate surface area is 170 Å². The summed E-state index contributed by atoms with van der Waals surface area (Å²) in [6, 6.07) is 13.3. The van der Waals surface area contributed by atoms with Crippen molar-refractivity contribution in [3.8, 4) is 11.5 Å². The lowest BCUT2D eigenvalue weighted by atomic mass is 10.2. The first kappa shape index (κ1) is 18.6. The minimum Gasteiger partial charge on any atom is -0.411 e. The van der Waals surface area contributed by atoms with Crippen LogP contribution in [0.1, 0.15) is 12.5 Å². The van der Waals surface area contributed by atoms with Crippen LogP contribution < -0.4 is 5.32 Å². The fraction of sp³-hybridized carbons (Fsp3) is 0.150. The third-order valence-electron chi connectivity index (χ3n) is 4.40. The van der Waals surface area contributed by atoms with E-state index in [1.165, 1.54) is 11.8 Å². The van der Waals surface area contributed by atoms with Crippen LogP contribution in [0.5, 0.6) is 0 Å². The maximum Gasteiger partial charge on any atom is 0.277 e. The van der Waals surface area contributed by atoms with E-state index in [-0.39, 0.29) is 5.91 Å². The molecule has 0 saturated carbocycles. The number of hydrogen-bond donors (Lipinski definition) is 2. The van der Waals surface area contributed by atoms with Gasteiger partial charge in [-0.2, -0.15) is 0 Å². The quantitative estimate of drug-likeness (QED) is 0.434. The largest absolute Gasteiger partial charge is 0.411 e. The average molecular weight is 413 g/mol. The predicted octanol–water partition coefficient (Wildman–Crippen LogP) is 5.30. The number of fused-ring (bicyclic) bond motifs is 1. The number of aromatic amines is 1. The van der Waals surface area contributed by atoms with E-state index in [0.29, 0.717) is 21.8 Å². The lowest BCUT2D eigenvalue weighted by molar-refractivity contribution is -0.115. The highest BCUT2D eigenvalue weighted by Gasteiger charge is 2.20. The molecule has 0 aliphatic heterocycles. The molecule has 142 valence electrons. The van der Waals surface area contributed by atoms with Gasteiger partial charge in [0.15, 0.2) is 0 Å². The number of nitrogens with zero attached hydrogens (tertiary/aromatic N) is 2. The van der Waals surface area contributed by atoms with E-state index in [1.807, 2.05) is 43.5 Å². The van der Waals surface area contributed by atoms with Crippen molar-refractivity contribution < 1.29 is 9.21 Å². The molecule has 4 aromatic rings. The first-order valence-electron chi connectivity index (χ1n) is 8.65. The van der Waals surface area contributed by atoms with Crippen LogP contribution in [0.4, 0.5) is 5.69 Å². The summed E-state index contributed by atoms with van der Waals surface area (Å²) < 4.78 is 5.77. The zero-order chi connectivity index (χ0) is 19.7. The van der Waals surface area contributed by atoms with Crippen LogP contribution in [-0.4, -0.2) is 26.3 Å². The Kier molecular flexibility index (Phi) is 5.11. The number of carbonyl (C=O) groups excluding carboxylic acids is 1. The molecular weight excluding hydrogens is 396 g/mol. The first-order chi connectivity index (χ1) is 13.5. The SMILES string of the molecule is Cc1c(Cl)cccc1NC(=O)[C@H](C)Sc1nnc(-c2c[nH]c3ccccc23)o1. The van der Waals surface area contributed by atoms with Crippen molar-refractivity contribution in [1.82, 2.24) is 15.2 Å². The average Bonchev–Trinajstić information content (AvgIpc) is 3.32. The van der Waals surface area contributed by atoms with E-state index in [9.17, 15) is 4.79 Å². The van der Waals surface area contributed by atoms with Gasteiger partial charge >= 0.3 is 0 Å². The molecule has 6 nitrogen and oxygen atoms in total. The summed E-state index contributed by atoms with van der Waals surface area (Å²) in [5.74, 6) is 0.250. The van der Waals surface area contributed by atoms with Gasteiger partial charge in [-0.25, -0.2) is 0 Å². The molecule has 2 aromatic carbocycles. The molecule has 0 saturated heterocycles. The summed E-state index contributed by atoms with van der Waals surface area (Å²) in [6.07, 6.45) is 1.84. The second kappa shape index (κ2) is 7.69. The van der Waals surface area contributed by atoms with E-state index in [2.05, 4.69) is 20.5 Å². The Balaban J connectivity index is 1.47. The van der Waals surface area contributed by atoms with Crippen molar-refractivity contribution in [2.24, 2.45) is 0 Å². The molecule has 0 radical (unpaired) electrons. The third kappa shape index (κ3) is 3.63. The van der Waals surface area contributed by atoms with Crippen molar-refractivity contribution in [2.75, 3.05) is 5.32 Å². The van der Waals surface area contributed by atoms with Crippen molar-refractivity contribution >= 4 is 45.9 Å². The first-order valence-corrected chi connectivity index (χ1v) is 9.91. The van der Waals surface area contributed by atoms with E-state index in [4.69, 9.17) is 16.0 Å². The normalized spacial score (nSPS) is 12.2. The number of thioether (sulfide) groups is 1. The van der Waals surface area contributed by atoms with Gasteiger partial charge in [0.1, 0.15) is 0 Å². The van der Waals surface area contributed by atoms with Crippen molar-refractivity contribution in [3.05, 3.63) is 59.2 Å². The van der Waals surface area contributed by atoms with E-state index < -0.39 is 5.25 Å². The van der Waals surface area contributed by atoms with Crippen LogP contribution in [0.2, 0.25) is 5.02 Å². The zero-order valence-corrected chi connectivity index (χ0v) is 16.8. The van der Waals surface area contributed by atoms with E-state index in [1.54, 1.807) is 19.1 Å². The van der Waals surface area contributed by atoms with Crippen molar-refractivity contribution in [3.63, 3.8) is 0 Å². The molecule has 2 N–H and O–H groups in total. The lowest BCUT2D eigenvalue weighted by Crippen LogP contribution is -2.22. The lowest BCUT2D eigenvalue weighted by Gasteiger charge is -2.12. The number of halogens is 1. The molecule has 1 atom stereocenters. The van der Waals surface area contributed by atoms with Crippen LogP contribution in [0.3, 0.4) is 0 Å². The van der Waals surface area contributed by atoms with Gasteiger partial charge in [0, 0.05) is 27.8 Å². The Morgan fingerprint density at radius 1 is 1.21 bits per heavy atom. The van der Waals surface area contributed by atoms with Gasteiger partial charge in [-0.05, 0) is 37.6 Å². The molecule has 8 heteroatoms. The number of benzene rings is 2. The van der Waals surface area contributed by atoms with Gasteiger partial charge in [-0.3, -0.25) is 4.79 Å². The molecule has 0 spiro atoms. The fourth-order valence-corrected chi connectivity index (χ4v) is 3.65. The molecule has 0 unspecified atom stereocenters. The Hall–Kier alpha value is -2.77. The van der Waals surface area contributed by atoms with Crippen LogP contribution in [0, 0.1) is 6.92 Å². The standard InChI is InChI=1S/C20H17ClN4O2S/c1-11-15(21)7-5-9-16(11)23-18(26)12(2)28-20-25-24-19(27-20)14-10-22-17-8-4-3-6-13(14)17/h3-10,12,22H,1-2H3,(H,23,26)/t12-/m0/s1. The van der Waals surface area contributed by atoms with Gasteiger partial charge in [-0.15, -0.1) is 10.2 Å². The predicted molar refractivity (Wildman–Crippen MR) is 112 cm³/mol. The monoisotopic (exact) mass is 412 g/mol. The molecule has 28 heavy (non-hydrogen) atoms. The molecule has 2 heterocycles. The third-order valence-corrected chi connectivity index (χ3v) is 5.74. The second-order valence-electron chi connectivity index (χ2n) is 6.28. The molecule has 1 amide bonds. The molecular formula is C20H17ClN4O2S. The van der Waals surface area contributed by atoms with E-state index in [0.717, 1.165) is 22.0 Å². The summed E-state index contributed by atoms with van der Waals surface area (Å²) in [4.78, 5) is 15.7. The molecule has 2 aromatic heterocycles. The highest BCUT2D eigenvalue weighted by molar-refractivity contribution is 8.00. The molecule has 0 fully saturated rings. The number of carbonyl (C=O) groups is 1. The summed E-state index contributed by atoms with van der Waals surface area (Å²) in [5, 5.41) is 12.6. The minimum absolute atomic E-state index is 0.165. The number of hydrogen-bond acceptors (Lipinski definition) is 5. The number of H-pyrrole nitrogens is 1. The van der Waals surface area contributed by atoms with Crippen LogP contribution in [0.25, 0.3) is 22.4 Å². The molecule has 0 aliphatic rings. The minimum atomic E-state index is -0.422. The van der Waals surface area contributed by atoms with Crippen molar-refractivity contribution in [2.45, 2.75) is 24.3 Å². The van der Waals surface area contributed by atoms with Gasteiger partial charge < -0.3 is 14.7 Å². The number of nitrogens with one attached hydrogen (secondary N) is 2. The smallest absolute Gasteiger partial charge is 0.277 e. The van der Waals surface area contributed by atoms with Crippen LogP contribution in [0.15, 0.2) is 58.3 Å². The maximum atomic E-state index is 12.5. The summed E-state index contributed by atoms with van der Waals surface area (Å²) >= 11 is 7.32. The van der Waals surface area contributed by atoms with Crippen molar-refractivity contribution in [1.29, 1.82) is 0 Å². The number of aromatic nitrogens is 3. The number of rotatable bonds is 5. The second-order valence-corrected chi connectivity index (χ2v) is 7.98. The van der Waals surface area contributed by atoms with Gasteiger partial charge in [0.05, 0.1) is 10.8 Å². The summed E-state index contributed by atoms with van der Waals surface area (Å²) in [7, 11) is 0. The summed E-state index contributed by atoms with van der Waals surface area (Å²) in [6.45, 7) is 3.65. The number of amides is 1. The highest BCUT2D eigenvalue weighted by Crippen LogP contribution is 2.31. The maximum absolute atomic E-state index is 12.5. The Morgan fingerprint density at radius 3 is 2.89 bits per heavy atom. The van der Waals surface area contributed by atoms with E-state index >= 15 is 0 Å². The Morgan fingerprint density at radius 2 is 2.04 bits per heavy atom. The van der Waals surface area contributed by atoms with Gasteiger partial charge in [-0.1, -0.05) is 47.6 Å². The van der Waals surface area contributed by atoms with Crippen LogP contribution in [-0.2, 0) is 4.79 Å². The molecule has 4 rings (SSSR count). The fourth-order valence-electron chi connectivity index (χ4n) is 2.80. The topological polar surface area (TPSA) is 83.8 Å². The van der Waals surface area contributed by atoms with Crippen LogP contribution >= 0.6 is 23.4 Å². The van der Waals surface area contributed by atoms with Gasteiger partial charge in [0.25, 0.3) is 11.1 Å². The Bertz CT molecular complexity index is 1150. The summed E-state index contributed by atoms with van der Waals surface area (Å²) in [5.41, 5.74) is 3.35. The molecule has 0 bridgehead atoms. The number of anilines is 1.